The Morgan fingerprint density at radius 1 is 1.30 bits per heavy atom. The Bertz CT molecular complexity index is 566. The monoisotopic (exact) mass is 305 g/mol. The summed E-state index contributed by atoms with van der Waals surface area (Å²) in [7, 11) is -4.54. The number of halogens is 2. The van der Waals surface area contributed by atoms with E-state index in [0.717, 1.165) is 12.1 Å². The molecule has 1 aliphatic rings. The van der Waals surface area contributed by atoms with Crippen LogP contribution in [0.25, 0.3) is 0 Å². The average Bonchev–Trinajstić information content (AvgIpc) is 2.36. The molecule has 0 spiro atoms. The molecule has 112 valence electrons. The fourth-order valence-corrected chi connectivity index (χ4v) is 3.14. The van der Waals surface area contributed by atoms with E-state index in [0.29, 0.717) is 19.5 Å². The van der Waals surface area contributed by atoms with E-state index >= 15 is 0 Å². The van der Waals surface area contributed by atoms with Crippen molar-refractivity contribution in [3.05, 3.63) is 24.3 Å². The van der Waals surface area contributed by atoms with E-state index in [4.69, 9.17) is 0 Å². The lowest BCUT2D eigenvalue weighted by Crippen LogP contribution is -2.61. The summed E-state index contributed by atoms with van der Waals surface area (Å²) in [5.74, 6) is -3.41. The molecule has 1 aliphatic heterocycles. The van der Waals surface area contributed by atoms with Crippen LogP contribution in [0.3, 0.4) is 0 Å². The molecule has 2 rings (SSSR count). The predicted octanol–water partition coefficient (Wildman–Crippen LogP) is 2.03. The van der Waals surface area contributed by atoms with Gasteiger partial charge in [-0.2, -0.15) is 8.78 Å². The van der Waals surface area contributed by atoms with Crippen molar-refractivity contribution in [2.75, 3.05) is 18.0 Å². The van der Waals surface area contributed by atoms with Crippen LogP contribution in [0.4, 0.5) is 14.5 Å². The standard InChI is InChI=1S/C13H17F2NO3S/c1-2-7-13(17)8-16(9-13)10-3-5-11(6-4-10)20(18,19)12(14)15/h3-6,12,17H,2,7-9H2,1H3. The fraction of sp³-hybridized carbons (Fsp3) is 0.538. The Labute approximate surface area is 116 Å². The molecule has 1 N–H and O–H groups in total. The quantitative estimate of drug-likeness (QED) is 0.904. The molecule has 0 bridgehead atoms. The highest BCUT2D eigenvalue weighted by Crippen LogP contribution is 2.31. The Morgan fingerprint density at radius 3 is 2.30 bits per heavy atom. The van der Waals surface area contributed by atoms with Crippen molar-refractivity contribution >= 4 is 15.5 Å². The Morgan fingerprint density at radius 2 is 1.85 bits per heavy atom. The highest BCUT2D eigenvalue weighted by Gasteiger charge is 2.40. The molecule has 20 heavy (non-hydrogen) atoms. The van der Waals surface area contributed by atoms with Gasteiger partial charge in [-0.05, 0) is 30.7 Å². The summed E-state index contributed by atoms with van der Waals surface area (Å²) in [6.07, 6.45) is 1.59. The SMILES string of the molecule is CCCC1(O)CN(c2ccc(S(=O)(=O)C(F)F)cc2)C1. The second kappa shape index (κ2) is 5.29. The van der Waals surface area contributed by atoms with Crippen LogP contribution in [0.2, 0.25) is 0 Å². The van der Waals surface area contributed by atoms with Gasteiger partial charge in [-0.3, -0.25) is 0 Å². The maximum atomic E-state index is 12.4. The zero-order chi connectivity index (χ0) is 15.0. The van der Waals surface area contributed by atoms with Crippen molar-refractivity contribution < 1.29 is 22.3 Å². The van der Waals surface area contributed by atoms with Gasteiger partial charge in [0.2, 0.25) is 9.84 Å². The molecule has 0 radical (unpaired) electrons. The number of nitrogens with zero attached hydrogens (tertiary/aromatic N) is 1. The number of alkyl halides is 2. The number of β-amino-alcohol motifs (C(OH)–C–C–N with tert-alkyl or cyclic N) is 1. The van der Waals surface area contributed by atoms with E-state index in [1.54, 1.807) is 0 Å². The number of hydrogen-bond donors (Lipinski definition) is 1. The molecule has 0 aromatic heterocycles. The third-order valence-electron chi connectivity index (χ3n) is 3.45. The summed E-state index contributed by atoms with van der Waals surface area (Å²) in [6, 6.07) is 5.32. The van der Waals surface area contributed by atoms with Crippen LogP contribution >= 0.6 is 0 Å². The van der Waals surface area contributed by atoms with Crippen LogP contribution < -0.4 is 4.90 Å². The smallest absolute Gasteiger partial charge is 0.341 e. The Balaban J connectivity index is 2.08. The summed E-state index contributed by atoms with van der Waals surface area (Å²) < 4.78 is 47.3. The molecule has 7 heteroatoms. The molecule has 0 amide bonds. The number of rotatable bonds is 5. The molecular formula is C13H17F2NO3S. The van der Waals surface area contributed by atoms with E-state index in [1.165, 1.54) is 24.3 Å². The first-order valence-electron chi connectivity index (χ1n) is 6.38. The van der Waals surface area contributed by atoms with Crippen LogP contribution in [0.5, 0.6) is 0 Å². The van der Waals surface area contributed by atoms with Gasteiger partial charge in [0, 0.05) is 18.8 Å². The van der Waals surface area contributed by atoms with Gasteiger partial charge >= 0.3 is 5.76 Å². The molecule has 0 atom stereocenters. The Kier molecular flexibility index (Phi) is 4.02. The Hall–Kier alpha value is -1.21. The van der Waals surface area contributed by atoms with Crippen molar-refractivity contribution in [3.8, 4) is 0 Å². The van der Waals surface area contributed by atoms with Crippen molar-refractivity contribution in [2.24, 2.45) is 0 Å². The molecule has 0 unspecified atom stereocenters. The van der Waals surface area contributed by atoms with Crippen molar-refractivity contribution in [3.63, 3.8) is 0 Å². The highest BCUT2D eigenvalue weighted by atomic mass is 32.2. The van der Waals surface area contributed by atoms with Gasteiger partial charge < -0.3 is 10.0 Å². The second-order valence-corrected chi connectivity index (χ2v) is 7.05. The summed E-state index contributed by atoms with van der Waals surface area (Å²) in [5, 5.41) is 10.1. The first-order valence-corrected chi connectivity index (χ1v) is 7.92. The van der Waals surface area contributed by atoms with Gasteiger partial charge in [0.25, 0.3) is 0 Å². The van der Waals surface area contributed by atoms with Gasteiger partial charge in [0.1, 0.15) is 0 Å². The third kappa shape index (κ3) is 2.78. The average molecular weight is 305 g/mol. The molecule has 4 nitrogen and oxygen atoms in total. The molecule has 1 heterocycles. The summed E-state index contributed by atoms with van der Waals surface area (Å²) in [4.78, 5) is 1.50. The minimum absolute atomic E-state index is 0.388. The van der Waals surface area contributed by atoms with Crippen LogP contribution in [-0.2, 0) is 9.84 Å². The molecule has 0 saturated carbocycles. The van der Waals surface area contributed by atoms with E-state index in [-0.39, 0.29) is 4.90 Å². The zero-order valence-corrected chi connectivity index (χ0v) is 11.9. The van der Waals surface area contributed by atoms with E-state index < -0.39 is 21.2 Å². The molecule has 1 saturated heterocycles. The number of hydrogen-bond acceptors (Lipinski definition) is 4. The van der Waals surface area contributed by atoms with Crippen molar-refractivity contribution in [1.29, 1.82) is 0 Å². The first-order chi connectivity index (χ1) is 9.28. The van der Waals surface area contributed by atoms with Crippen LogP contribution in [0, 0.1) is 0 Å². The van der Waals surface area contributed by atoms with Gasteiger partial charge in [0.05, 0.1) is 10.5 Å². The molecule has 1 aromatic carbocycles. The summed E-state index contributed by atoms with van der Waals surface area (Å²) >= 11 is 0. The molecule has 1 fully saturated rings. The lowest BCUT2D eigenvalue weighted by molar-refractivity contribution is 0.00339. The van der Waals surface area contributed by atoms with Gasteiger partial charge in [0.15, 0.2) is 0 Å². The maximum Gasteiger partial charge on any atom is 0.341 e. The van der Waals surface area contributed by atoms with Crippen LogP contribution in [0.1, 0.15) is 19.8 Å². The maximum absolute atomic E-state index is 12.4. The normalized spacial score (nSPS) is 18.1. The highest BCUT2D eigenvalue weighted by molar-refractivity contribution is 7.91. The molecular weight excluding hydrogens is 288 g/mol. The summed E-state index contributed by atoms with van der Waals surface area (Å²) in [6.45, 7) is 2.94. The predicted molar refractivity (Wildman–Crippen MR) is 71.7 cm³/mol. The number of aliphatic hydroxyl groups is 1. The van der Waals surface area contributed by atoms with Crippen LogP contribution in [0.15, 0.2) is 29.2 Å². The summed E-state index contributed by atoms with van der Waals surface area (Å²) in [5.41, 5.74) is 0.0293. The van der Waals surface area contributed by atoms with Gasteiger partial charge in [-0.1, -0.05) is 13.3 Å². The topological polar surface area (TPSA) is 57.6 Å². The number of benzene rings is 1. The fourth-order valence-electron chi connectivity index (χ4n) is 2.42. The lowest BCUT2D eigenvalue weighted by Gasteiger charge is -2.48. The van der Waals surface area contributed by atoms with Gasteiger partial charge in [-0.15, -0.1) is 0 Å². The van der Waals surface area contributed by atoms with E-state index in [1.807, 2.05) is 11.8 Å². The number of anilines is 1. The van der Waals surface area contributed by atoms with E-state index in [9.17, 15) is 22.3 Å². The first kappa shape index (κ1) is 15.2. The van der Waals surface area contributed by atoms with Crippen LogP contribution in [-0.4, -0.2) is 38.0 Å². The zero-order valence-electron chi connectivity index (χ0n) is 11.1. The van der Waals surface area contributed by atoms with Gasteiger partial charge in [-0.25, -0.2) is 8.42 Å². The minimum Gasteiger partial charge on any atom is -0.386 e. The number of sulfone groups is 1. The lowest BCUT2D eigenvalue weighted by atomic mass is 9.89. The third-order valence-corrected chi connectivity index (χ3v) is 4.85. The van der Waals surface area contributed by atoms with E-state index in [2.05, 4.69) is 0 Å². The molecule has 1 aromatic rings. The minimum atomic E-state index is -4.54. The molecule has 0 aliphatic carbocycles. The largest absolute Gasteiger partial charge is 0.386 e. The second-order valence-electron chi connectivity index (χ2n) is 5.13. The van der Waals surface area contributed by atoms with Crippen molar-refractivity contribution in [2.45, 2.75) is 36.0 Å². The van der Waals surface area contributed by atoms with Crippen molar-refractivity contribution in [1.82, 2.24) is 0 Å².